The number of carbonyl (C=O) groups is 2. The van der Waals surface area contributed by atoms with E-state index in [9.17, 15) is 9.59 Å². The smallest absolute Gasteiger partial charge is 0.306 e. The van der Waals surface area contributed by atoms with Gasteiger partial charge in [-0.15, -0.1) is 0 Å². The molecule has 2 saturated heterocycles. The van der Waals surface area contributed by atoms with Crippen LogP contribution in [0.5, 0.6) is 0 Å². The van der Waals surface area contributed by atoms with Gasteiger partial charge in [0.05, 0.1) is 31.8 Å². The number of aliphatic carboxylic acids is 1. The van der Waals surface area contributed by atoms with Crippen molar-refractivity contribution in [3.63, 3.8) is 0 Å². The first-order valence-electron chi connectivity index (χ1n) is 6.95. The van der Waals surface area contributed by atoms with Gasteiger partial charge in [0.25, 0.3) is 0 Å². The first-order chi connectivity index (χ1) is 9.65. The fourth-order valence-corrected chi connectivity index (χ4v) is 2.41. The van der Waals surface area contributed by atoms with E-state index in [4.69, 9.17) is 19.3 Å². The molecule has 20 heavy (non-hydrogen) atoms. The summed E-state index contributed by atoms with van der Waals surface area (Å²) in [4.78, 5) is 24.2. The first kappa shape index (κ1) is 15.2. The zero-order valence-electron chi connectivity index (χ0n) is 11.5. The molecule has 0 aliphatic carbocycles. The second kappa shape index (κ2) is 7.56. The van der Waals surface area contributed by atoms with Gasteiger partial charge >= 0.3 is 5.97 Å². The lowest BCUT2D eigenvalue weighted by atomic mass is 10.2. The van der Waals surface area contributed by atoms with Gasteiger partial charge in [0.1, 0.15) is 6.61 Å². The number of amides is 1. The largest absolute Gasteiger partial charge is 0.481 e. The van der Waals surface area contributed by atoms with Crippen LogP contribution in [0.2, 0.25) is 0 Å². The van der Waals surface area contributed by atoms with E-state index in [-0.39, 0.29) is 25.0 Å². The highest BCUT2D eigenvalue weighted by Gasteiger charge is 2.26. The summed E-state index contributed by atoms with van der Waals surface area (Å²) in [6, 6.07) is 0. The Morgan fingerprint density at radius 1 is 1.25 bits per heavy atom. The summed E-state index contributed by atoms with van der Waals surface area (Å²) >= 11 is 0. The molecule has 0 spiro atoms. The van der Waals surface area contributed by atoms with Crippen molar-refractivity contribution in [3.8, 4) is 0 Å². The number of nitrogens with zero attached hydrogens (tertiary/aromatic N) is 1. The summed E-state index contributed by atoms with van der Waals surface area (Å²) in [5.74, 6) is -1.04. The van der Waals surface area contributed by atoms with Gasteiger partial charge in [-0.25, -0.2) is 0 Å². The number of hydrogen-bond donors (Lipinski definition) is 1. The van der Waals surface area contributed by atoms with Crippen LogP contribution in [0.4, 0.5) is 0 Å². The van der Waals surface area contributed by atoms with E-state index in [2.05, 4.69) is 0 Å². The minimum absolute atomic E-state index is 0.0135. The normalized spacial score (nSPS) is 26.7. The van der Waals surface area contributed by atoms with E-state index < -0.39 is 12.1 Å². The molecule has 1 amide bonds. The summed E-state index contributed by atoms with van der Waals surface area (Å²) in [6.45, 7) is 2.39. The third kappa shape index (κ3) is 4.73. The number of carbonyl (C=O) groups excluding carboxylic acids is 1. The zero-order valence-corrected chi connectivity index (χ0v) is 11.5. The molecule has 2 unspecified atom stereocenters. The number of ether oxygens (including phenoxy) is 3. The average molecular weight is 287 g/mol. The van der Waals surface area contributed by atoms with Gasteiger partial charge in [-0.05, 0) is 12.8 Å². The van der Waals surface area contributed by atoms with Crippen LogP contribution in [0.25, 0.3) is 0 Å². The number of rotatable bonds is 6. The van der Waals surface area contributed by atoms with Gasteiger partial charge in [-0.1, -0.05) is 0 Å². The van der Waals surface area contributed by atoms with Crippen LogP contribution >= 0.6 is 0 Å². The van der Waals surface area contributed by atoms with E-state index in [1.165, 1.54) is 0 Å². The molecular weight excluding hydrogens is 266 g/mol. The minimum Gasteiger partial charge on any atom is -0.481 e. The maximum atomic E-state index is 12.0. The summed E-state index contributed by atoms with van der Waals surface area (Å²) < 4.78 is 16.1. The van der Waals surface area contributed by atoms with E-state index in [1.807, 2.05) is 0 Å². The van der Waals surface area contributed by atoms with Crippen molar-refractivity contribution in [2.45, 2.75) is 31.5 Å². The van der Waals surface area contributed by atoms with Crippen LogP contribution < -0.4 is 0 Å². The van der Waals surface area contributed by atoms with Crippen molar-refractivity contribution in [3.05, 3.63) is 0 Å². The quantitative estimate of drug-likeness (QED) is 0.733. The fraction of sp³-hybridized carbons (Fsp3) is 0.846. The van der Waals surface area contributed by atoms with Crippen molar-refractivity contribution in [2.75, 3.05) is 39.5 Å². The maximum Gasteiger partial charge on any atom is 0.306 e. The third-order valence-electron chi connectivity index (χ3n) is 3.45. The molecule has 2 fully saturated rings. The second-order valence-electron chi connectivity index (χ2n) is 5.08. The van der Waals surface area contributed by atoms with Crippen molar-refractivity contribution in [1.82, 2.24) is 4.90 Å². The van der Waals surface area contributed by atoms with Crippen LogP contribution in [-0.4, -0.2) is 73.6 Å². The lowest BCUT2D eigenvalue weighted by Crippen LogP contribution is -2.47. The van der Waals surface area contributed by atoms with E-state index in [0.717, 1.165) is 19.4 Å². The highest BCUT2D eigenvalue weighted by Crippen LogP contribution is 2.12. The monoisotopic (exact) mass is 287 g/mol. The van der Waals surface area contributed by atoms with Gasteiger partial charge in [0.2, 0.25) is 5.91 Å². The van der Waals surface area contributed by atoms with Crippen molar-refractivity contribution in [1.29, 1.82) is 0 Å². The van der Waals surface area contributed by atoms with Crippen LogP contribution in [0.3, 0.4) is 0 Å². The molecule has 2 aliphatic heterocycles. The highest BCUT2D eigenvalue weighted by atomic mass is 16.5. The number of carboxylic acid groups (broad SMARTS) is 1. The van der Waals surface area contributed by atoms with Crippen LogP contribution in [0.1, 0.15) is 19.3 Å². The summed E-state index contributed by atoms with van der Waals surface area (Å²) in [5, 5.41) is 8.73. The average Bonchev–Trinajstić information content (AvgIpc) is 2.91. The molecule has 2 rings (SSSR count). The van der Waals surface area contributed by atoms with Gasteiger partial charge in [0.15, 0.2) is 0 Å². The second-order valence-corrected chi connectivity index (χ2v) is 5.08. The molecule has 1 N–H and O–H groups in total. The summed E-state index contributed by atoms with van der Waals surface area (Å²) in [5.41, 5.74) is 0. The Bertz CT molecular complexity index is 342. The lowest BCUT2D eigenvalue weighted by Gasteiger charge is -2.32. The lowest BCUT2D eigenvalue weighted by molar-refractivity contribution is -0.150. The number of morpholine rings is 1. The Hall–Kier alpha value is -1.18. The first-order valence-corrected chi connectivity index (χ1v) is 6.95. The third-order valence-corrected chi connectivity index (χ3v) is 3.45. The number of carboxylic acids is 1. The SMILES string of the molecule is O=C(O)CC1CN(C(=O)COCC2CCCO2)CCO1. The standard InChI is InChI=1S/C13H21NO6/c15-12(9-18-8-10-2-1-4-19-10)14-3-5-20-11(7-14)6-13(16)17/h10-11H,1-9H2,(H,16,17). The maximum absolute atomic E-state index is 12.0. The van der Waals surface area contributed by atoms with Crippen molar-refractivity contribution in [2.24, 2.45) is 0 Å². The summed E-state index contributed by atoms with van der Waals surface area (Å²) in [6.07, 6.45) is 1.62. The Morgan fingerprint density at radius 2 is 2.05 bits per heavy atom. The van der Waals surface area contributed by atoms with Crippen molar-refractivity contribution >= 4 is 11.9 Å². The molecule has 2 heterocycles. The Kier molecular flexibility index (Phi) is 5.75. The van der Waals surface area contributed by atoms with Crippen LogP contribution in [0, 0.1) is 0 Å². The topological polar surface area (TPSA) is 85.3 Å². The molecule has 0 aromatic carbocycles. The number of hydrogen-bond acceptors (Lipinski definition) is 5. The molecule has 7 heteroatoms. The predicted octanol–water partition coefficient (Wildman–Crippen LogP) is -0.116. The van der Waals surface area contributed by atoms with Crippen molar-refractivity contribution < 1.29 is 28.9 Å². The highest BCUT2D eigenvalue weighted by molar-refractivity contribution is 5.77. The molecular formula is C13H21NO6. The molecule has 2 atom stereocenters. The van der Waals surface area contributed by atoms with Gasteiger partial charge in [-0.2, -0.15) is 0 Å². The predicted molar refractivity (Wildman–Crippen MR) is 68.4 cm³/mol. The molecule has 114 valence electrons. The van der Waals surface area contributed by atoms with E-state index >= 15 is 0 Å². The Labute approximate surface area is 117 Å². The zero-order chi connectivity index (χ0) is 14.4. The fourth-order valence-electron chi connectivity index (χ4n) is 2.41. The molecule has 0 saturated carbocycles. The van der Waals surface area contributed by atoms with E-state index in [0.29, 0.717) is 26.3 Å². The molecule has 0 aromatic heterocycles. The van der Waals surface area contributed by atoms with Gasteiger partial charge in [0, 0.05) is 19.7 Å². The molecule has 2 aliphatic rings. The van der Waals surface area contributed by atoms with E-state index in [1.54, 1.807) is 4.90 Å². The summed E-state index contributed by atoms with van der Waals surface area (Å²) in [7, 11) is 0. The van der Waals surface area contributed by atoms with Crippen LogP contribution in [-0.2, 0) is 23.8 Å². The van der Waals surface area contributed by atoms with Gasteiger partial charge < -0.3 is 24.2 Å². The Morgan fingerprint density at radius 3 is 2.75 bits per heavy atom. The molecule has 0 bridgehead atoms. The minimum atomic E-state index is -0.918. The van der Waals surface area contributed by atoms with Crippen LogP contribution in [0.15, 0.2) is 0 Å². The van der Waals surface area contributed by atoms with Gasteiger partial charge in [-0.3, -0.25) is 9.59 Å². The molecule has 0 radical (unpaired) electrons. The molecule has 0 aromatic rings. The molecule has 7 nitrogen and oxygen atoms in total. The Balaban J connectivity index is 1.67.